The van der Waals surface area contributed by atoms with E-state index in [9.17, 15) is 19.5 Å². The van der Waals surface area contributed by atoms with Gasteiger partial charge in [-0.25, -0.2) is 4.79 Å². The van der Waals surface area contributed by atoms with Crippen LogP contribution in [0.5, 0.6) is 0 Å². The van der Waals surface area contributed by atoms with Crippen LogP contribution >= 0.6 is 23.6 Å². The van der Waals surface area contributed by atoms with Crippen molar-refractivity contribution in [1.29, 1.82) is 0 Å². The highest BCUT2D eigenvalue weighted by molar-refractivity contribution is 7.73. The Morgan fingerprint density at radius 2 is 2.16 bits per heavy atom. The number of thiazole rings is 1. The van der Waals surface area contributed by atoms with Crippen molar-refractivity contribution in [2.45, 2.75) is 19.8 Å². The maximum absolute atomic E-state index is 12.4. The van der Waals surface area contributed by atoms with E-state index in [-0.39, 0.29) is 17.1 Å². The minimum atomic E-state index is -1.10. The lowest BCUT2D eigenvalue weighted by molar-refractivity contribution is 0.0696. The maximum atomic E-state index is 12.4. The number of fused-ring (bicyclic) bond motifs is 3. The summed E-state index contributed by atoms with van der Waals surface area (Å²) in [6, 6.07) is 4.19. The Hall–Kier alpha value is -2.52. The third-order valence-electron chi connectivity index (χ3n) is 3.79. The Labute approximate surface area is 150 Å². The zero-order valence-electron chi connectivity index (χ0n) is 13.3. The second-order valence-electron chi connectivity index (χ2n) is 5.48. The minimum Gasteiger partial charge on any atom is -0.478 e. The monoisotopic (exact) mass is 377 g/mol. The van der Waals surface area contributed by atoms with Crippen molar-refractivity contribution in [2.75, 3.05) is 6.54 Å². The molecule has 0 saturated carbocycles. The summed E-state index contributed by atoms with van der Waals surface area (Å²) in [5.41, 5.74) is 0.292. The first-order valence-electron chi connectivity index (χ1n) is 7.67. The van der Waals surface area contributed by atoms with Crippen LogP contribution in [0.25, 0.3) is 16.6 Å². The molecule has 9 heteroatoms. The molecule has 0 spiro atoms. The number of carboxylic acids is 1. The van der Waals surface area contributed by atoms with Crippen molar-refractivity contribution in [2.24, 2.45) is 0 Å². The Balaban J connectivity index is 2.25. The fourth-order valence-electron chi connectivity index (χ4n) is 2.54. The van der Waals surface area contributed by atoms with Crippen molar-refractivity contribution in [3.63, 3.8) is 0 Å². The van der Waals surface area contributed by atoms with E-state index in [0.717, 1.165) is 24.2 Å². The zero-order chi connectivity index (χ0) is 18.1. The molecule has 7 nitrogen and oxygen atoms in total. The number of carboxylic acid groups (broad SMARTS) is 1. The fourth-order valence-corrected chi connectivity index (χ4v) is 3.83. The number of H-pyrrole nitrogens is 1. The van der Waals surface area contributed by atoms with Crippen molar-refractivity contribution in [3.05, 3.63) is 42.9 Å². The molecule has 3 aromatic rings. The summed E-state index contributed by atoms with van der Waals surface area (Å²) >= 11 is 6.42. The highest BCUT2D eigenvalue weighted by Crippen LogP contribution is 2.23. The van der Waals surface area contributed by atoms with Gasteiger partial charge in [0.05, 0.1) is 16.5 Å². The number of aromatic amines is 1. The van der Waals surface area contributed by atoms with E-state index in [2.05, 4.69) is 10.3 Å². The molecule has 0 aliphatic carbocycles. The van der Waals surface area contributed by atoms with Crippen molar-refractivity contribution < 1.29 is 14.7 Å². The van der Waals surface area contributed by atoms with Crippen LogP contribution in [0.2, 0.25) is 0 Å². The van der Waals surface area contributed by atoms with Crippen LogP contribution in [0.15, 0.2) is 23.0 Å². The summed E-state index contributed by atoms with van der Waals surface area (Å²) in [6.45, 7) is 2.56. The molecule has 0 radical (unpaired) electrons. The predicted molar refractivity (Wildman–Crippen MR) is 98.4 cm³/mol. The summed E-state index contributed by atoms with van der Waals surface area (Å²) < 4.78 is 1.90. The van der Waals surface area contributed by atoms with Gasteiger partial charge in [-0.1, -0.05) is 24.7 Å². The van der Waals surface area contributed by atoms with Crippen LogP contribution < -0.4 is 10.9 Å². The summed E-state index contributed by atoms with van der Waals surface area (Å²) in [5.74, 6) is -1.41. The summed E-state index contributed by atoms with van der Waals surface area (Å²) in [5, 5.41) is 12.3. The molecule has 0 unspecified atom stereocenters. The molecule has 3 rings (SSSR count). The number of nitrogens with one attached hydrogen (secondary N) is 2. The third kappa shape index (κ3) is 3.08. The normalized spacial score (nSPS) is 11.1. The van der Waals surface area contributed by atoms with E-state index in [1.165, 1.54) is 22.6 Å². The van der Waals surface area contributed by atoms with Gasteiger partial charge >= 0.3 is 5.97 Å². The second kappa shape index (κ2) is 6.77. The Bertz CT molecular complexity index is 1110. The zero-order valence-corrected chi connectivity index (χ0v) is 14.9. The van der Waals surface area contributed by atoms with E-state index in [1.807, 2.05) is 6.92 Å². The van der Waals surface area contributed by atoms with Gasteiger partial charge in [-0.3, -0.25) is 14.0 Å². The Kier molecular flexibility index (Phi) is 4.69. The number of amides is 1. The lowest BCUT2D eigenvalue weighted by Crippen LogP contribution is -2.24. The molecule has 1 amide bonds. The quantitative estimate of drug-likeness (QED) is 0.469. The number of rotatable bonds is 5. The molecular formula is C16H15N3O4S2. The van der Waals surface area contributed by atoms with E-state index < -0.39 is 11.5 Å². The van der Waals surface area contributed by atoms with Gasteiger partial charge in [-0.15, -0.1) is 0 Å². The van der Waals surface area contributed by atoms with Gasteiger partial charge in [0.25, 0.3) is 11.5 Å². The smallest absolute Gasteiger partial charge is 0.335 e. The van der Waals surface area contributed by atoms with E-state index >= 15 is 0 Å². The fraction of sp³-hybridized carbons (Fsp3) is 0.250. The van der Waals surface area contributed by atoms with Gasteiger partial charge in [0, 0.05) is 6.54 Å². The second-order valence-corrected chi connectivity index (χ2v) is 7.13. The first-order valence-corrected chi connectivity index (χ1v) is 8.89. The molecule has 130 valence electrons. The van der Waals surface area contributed by atoms with Crippen molar-refractivity contribution in [1.82, 2.24) is 14.7 Å². The van der Waals surface area contributed by atoms with E-state index in [0.29, 0.717) is 26.3 Å². The molecule has 0 aliphatic rings. The number of benzene rings is 1. The largest absolute Gasteiger partial charge is 0.478 e. The molecule has 2 aromatic heterocycles. The number of carbonyl (C=O) groups excluding carboxylic acids is 1. The van der Waals surface area contributed by atoms with Gasteiger partial charge in [0.2, 0.25) is 0 Å². The van der Waals surface area contributed by atoms with Crippen LogP contribution in [0.4, 0.5) is 0 Å². The number of nitrogens with zero attached hydrogens (tertiary/aromatic N) is 1. The van der Waals surface area contributed by atoms with Gasteiger partial charge in [0.15, 0.2) is 3.95 Å². The van der Waals surface area contributed by atoms with Crippen molar-refractivity contribution in [3.8, 4) is 0 Å². The van der Waals surface area contributed by atoms with Gasteiger partial charge in [-0.2, -0.15) is 0 Å². The molecule has 0 aliphatic heterocycles. The number of unbranched alkanes of at least 4 members (excludes halogenated alkanes) is 1. The number of aromatic nitrogens is 2. The predicted octanol–water partition coefficient (Wildman–Crippen LogP) is 2.80. The Morgan fingerprint density at radius 1 is 1.40 bits per heavy atom. The summed E-state index contributed by atoms with van der Waals surface area (Å²) in [7, 11) is 0. The molecule has 25 heavy (non-hydrogen) atoms. The van der Waals surface area contributed by atoms with Crippen LogP contribution in [-0.2, 0) is 0 Å². The van der Waals surface area contributed by atoms with Gasteiger partial charge in [0.1, 0.15) is 10.5 Å². The molecule has 1 aromatic carbocycles. The van der Waals surface area contributed by atoms with Crippen LogP contribution in [0, 0.1) is 3.95 Å². The number of hydrogen-bond acceptors (Lipinski definition) is 5. The molecule has 2 heterocycles. The standard InChI is InChI=1S/C16H15N3O4S2/c1-2-3-6-17-14(21)11-12-18-13(20)9-5-4-8(15(22)23)7-10(9)19(12)16(24)25-11/h4-5,7H,2-3,6H2,1H3,(H,17,21)(H,18,20)(H,22,23). The van der Waals surface area contributed by atoms with Crippen LogP contribution in [-0.4, -0.2) is 32.9 Å². The highest BCUT2D eigenvalue weighted by atomic mass is 32.1. The number of aromatic carboxylic acids is 1. The average Bonchev–Trinajstić information content (AvgIpc) is 2.91. The number of hydrogen-bond donors (Lipinski definition) is 3. The van der Waals surface area contributed by atoms with Gasteiger partial charge < -0.3 is 15.4 Å². The van der Waals surface area contributed by atoms with Crippen molar-refractivity contribution >= 4 is 52.0 Å². The molecular weight excluding hydrogens is 362 g/mol. The molecule has 3 N–H and O–H groups in total. The highest BCUT2D eigenvalue weighted by Gasteiger charge is 2.18. The van der Waals surface area contributed by atoms with Crippen LogP contribution in [0.1, 0.15) is 39.8 Å². The maximum Gasteiger partial charge on any atom is 0.335 e. The lowest BCUT2D eigenvalue weighted by Gasteiger charge is -2.05. The van der Waals surface area contributed by atoms with Crippen LogP contribution in [0.3, 0.4) is 0 Å². The number of carbonyl (C=O) groups is 2. The summed E-state index contributed by atoms with van der Waals surface area (Å²) in [4.78, 5) is 39.0. The topological polar surface area (TPSA) is 104 Å². The molecule has 0 fully saturated rings. The van der Waals surface area contributed by atoms with Gasteiger partial charge in [-0.05, 0) is 36.8 Å². The SMILES string of the molecule is CCCCNC(=O)c1sc(=S)n2c1[nH]c(=O)c1ccc(C(=O)O)cc12. The first-order chi connectivity index (χ1) is 11.9. The minimum absolute atomic E-state index is 0.0430. The first kappa shape index (κ1) is 17.3. The van der Waals surface area contributed by atoms with E-state index in [1.54, 1.807) is 0 Å². The molecule has 0 saturated heterocycles. The molecule has 0 atom stereocenters. The average molecular weight is 377 g/mol. The Morgan fingerprint density at radius 3 is 2.84 bits per heavy atom. The lowest BCUT2D eigenvalue weighted by atomic mass is 10.1. The molecule has 0 bridgehead atoms. The third-order valence-corrected chi connectivity index (χ3v) is 5.17. The van der Waals surface area contributed by atoms with E-state index in [4.69, 9.17) is 12.2 Å². The summed E-state index contributed by atoms with van der Waals surface area (Å²) in [6.07, 6.45) is 1.80.